The highest BCUT2D eigenvalue weighted by Gasteiger charge is 2.36. The zero-order valence-corrected chi connectivity index (χ0v) is 20.3. The largest absolute Gasteiger partial charge is 0.497 e. The van der Waals surface area contributed by atoms with Crippen LogP contribution in [0.4, 0.5) is 0 Å². The fourth-order valence-corrected chi connectivity index (χ4v) is 4.69. The molecule has 0 spiro atoms. The van der Waals surface area contributed by atoms with Gasteiger partial charge in [0.05, 0.1) is 19.3 Å². The molecule has 1 aromatic heterocycles. The average Bonchev–Trinajstić information content (AvgIpc) is 3.29. The number of nitrogens with one attached hydrogen (secondary N) is 2. The van der Waals surface area contributed by atoms with Gasteiger partial charge in [-0.15, -0.1) is 35.3 Å². The number of halogens is 1. The number of thiazole rings is 1. The van der Waals surface area contributed by atoms with Crippen LogP contribution in [0.15, 0.2) is 29.3 Å². The molecule has 1 aromatic carbocycles. The van der Waals surface area contributed by atoms with E-state index >= 15 is 0 Å². The van der Waals surface area contributed by atoms with Gasteiger partial charge in [0.2, 0.25) is 0 Å². The number of aryl methyl sites for hydroxylation is 2. The van der Waals surface area contributed by atoms with Gasteiger partial charge >= 0.3 is 0 Å². The number of methoxy groups -OCH3 is 1. The van der Waals surface area contributed by atoms with Crippen LogP contribution in [0.5, 0.6) is 5.75 Å². The van der Waals surface area contributed by atoms with Gasteiger partial charge in [0, 0.05) is 23.9 Å². The smallest absolute Gasteiger partial charge is 0.191 e. The number of nitrogens with zero attached hydrogens (tertiary/aromatic N) is 2. The zero-order valence-electron chi connectivity index (χ0n) is 17.2. The normalized spacial score (nSPS) is 15.8. The molecular formula is C21H31IN4OS. The number of hydrogen-bond acceptors (Lipinski definition) is 4. The molecule has 3 rings (SSSR count). The second kappa shape index (κ2) is 10.4. The third-order valence-electron chi connectivity index (χ3n) is 5.54. The standard InChI is InChI=1S/C21H30N4OS.HI/c1-15-16(2)27-19(25-15)13-23-20(22-3)24-14-21(10-5-6-11-21)17-8-7-9-18(12-17)26-4;/h7-9,12H,5-6,10-11,13-14H2,1-4H3,(H2,22,23,24);1H. The second-order valence-electron chi connectivity index (χ2n) is 7.25. The molecule has 0 atom stereocenters. The molecule has 1 aliphatic carbocycles. The van der Waals surface area contributed by atoms with Crippen LogP contribution in [0, 0.1) is 13.8 Å². The van der Waals surface area contributed by atoms with E-state index in [0.29, 0.717) is 6.54 Å². The third-order valence-corrected chi connectivity index (χ3v) is 6.61. The van der Waals surface area contributed by atoms with Gasteiger partial charge in [-0.25, -0.2) is 4.98 Å². The fraction of sp³-hybridized carbons (Fsp3) is 0.524. The Morgan fingerprint density at radius 2 is 2.00 bits per heavy atom. The molecule has 0 saturated heterocycles. The number of aromatic nitrogens is 1. The van der Waals surface area contributed by atoms with Gasteiger partial charge < -0.3 is 15.4 Å². The quantitative estimate of drug-likeness (QED) is 0.337. The summed E-state index contributed by atoms with van der Waals surface area (Å²) in [6.45, 7) is 5.74. The number of guanidine groups is 1. The van der Waals surface area contributed by atoms with Gasteiger partial charge in [-0.1, -0.05) is 25.0 Å². The molecule has 2 aromatic rings. The Bertz CT molecular complexity index is 780. The maximum atomic E-state index is 5.44. The van der Waals surface area contributed by atoms with Crippen LogP contribution in [0.3, 0.4) is 0 Å². The van der Waals surface area contributed by atoms with Gasteiger partial charge in [0.25, 0.3) is 0 Å². The Kier molecular flexibility index (Phi) is 8.55. The first-order chi connectivity index (χ1) is 13.1. The van der Waals surface area contributed by atoms with Crippen molar-refractivity contribution < 1.29 is 4.74 Å². The summed E-state index contributed by atoms with van der Waals surface area (Å²) >= 11 is 1.74. The first kappa shape index (κ1) is 22.9. The summed E-state index contributed by atoms with van der Waals surface area (Å²) in [5.41, 5.74) is 2.61. The van der Waals surface area contributed by atoms with Crippen molar-refractivity contribution >= 4 is 41.3 Å². The van der Waals surface area contributed by atoms with Gasteiger partial charge in [0.1, 0.15) is 10.8 Å². The van der Waals surface area contributed by atoms with E-state index in [0.717, 1.165) is 29.0 Å². The van der Waals surface area contributed by atoms with E-state index in [1.54, 1.807) is 18.4 Å². The molecule has 2 N–H and O–H groups in total. The minimum absolute atomic E-state index is 0. The molecule has 0 radical (unpaired) electrons. The molecule has 1 saturated carbocycles. The van der Waals surface area contributed by atoms with E-state index in [9.17, 15) is 0 Å². The summed E-state index contributed by atoms with van der Waals surface area (Å²) in [5.74, 6) is 1.76. The minimum Gasteiger partial charge on any atom is -0.497 e. The Labute approximate surface area is 189 Å². The van der Waals surface area contributed by atoms with Crippen LogP contribution in [-0.4, -0.2) is 31.6 Å². The van der Waals surface area contributed by atoms with E-state index in [1.165, 1.54) is 36.1 Å². The molecule has 154 valence electrons. The molecule has 7 heteroatoms. The van der Waals surface area contributed by atoms with Crippen molar-refractivity contribution in [1.82, 2.24) is 15.6 Å². The van der Waals surface area contributed by atoms with Crippen LogP contribution in [-0.2, 0) is 12.0 Å². The molecule has 1 aliphatic rings. The number of rotatable bonds is 6. The van der Waals surface area contributed by atoms with Crippen LogP contribution in [0.25, 0.3) is 0 Å². The van der Waals surface area contributed by atoms with Gasteiger partial charge in [-0.05, 0) is 44.4 Å². The van der Waals surface area contributed by atoms with Gasteiger partial charge in [0.15, 0.2) is 5.96 Å². The summed E-state index contributed by atoms with van der Waals surface area (Å²) in [7, 11) is 3.55. The zero-order chi connectivity index (χ0) is 19.3. The summed E-state index contributed by atoms with van der Waals surface area (Å²) in [5, 5.41) is 8.05. The molecule has 0 unspecified atom stereocenters. The lowest BCUT2D eigenvalue weighted by atomic mass is 9.78. The highest BCUT2D eigenvalue weighted by atomic mass is 127. The van der Waals surface area contributed by atoms with Gasteiger partial charge in [-0.3, -0.25) is 4.99 Å². The van der Waals surface area contributed by atoms with Crippen LogP contribution in [0.2, 0.25) is 0 Å². The molecule has 0 amide bonds. The fourth-order valence-electron chi connectivity index (χ4n) is 3.82. The van der Waals surface area contributed by atoms with Crippen LogP contribution < -0.4 is 15.4 Å². The van der Waals surface area contributed by atoms with E-state index in [4.69, 9.17) is 4.74 Å². The molecule has 0 aliphatic heterocycles. The summed E-state index contributed by atoms with van der Waals surface area (Å²) in [6.07, 6.45) is 4.91. The van der Waals surface area contributed by atoms with Crippen molar-refractivity contribution in [3.8, 4) is 5.75 Å². The van der Waals surface area contributed by atoms with Crippen LogP contribution >= 0.6 is 35.3 Å². The minimum atomic E-state index is 0. The number of benzene rings is 1. The van der Waals surface area contributed by atoms with Gasteiger partial charge in [-0.2, -0.15) is 0 Å². The Balaban J connectivity index is 0.00000280. The Morgan fingerprint density at radius 1 is 1.25 bits per heavy atom. The maximum absolute atomic E-state index is 5.44. The van der Waals surface area contributed by atoms with Crippen molar-refractivity contribution in [2.24, 2.45) is 4.99 Å². The average molecular weight is 514 g/mol. The first-order valence-electron chi connectivity index (χ1n) is 9.58. The van der Waals surface area contributed by atoms with Crippen molar-refractivity contribution in [3.63, 3.8) is 0 Å². The lowest BCUT2D eigenvalue weighted by molar-refractivity contribution is 0.404. The predicted molar refractivity (Wildman–Crippen MR) is 128 cm³/mol. The summed E-state index contributed by atoms with van der Waals surface area (Å²) < 4.78 is 5.44. The number of aliphatic imine (C=N–C) groups is 1. The lowest BCUT2D eigenvalue weighted by Crippen LogP contribution is -2.44. The van der Waals surface area contributed by atoms with Crippen molar-refractivity contribution in [2.75, 3.05) is 20.7 Å². The maximum Gasteiger partial charge on any atom is 0.191 e. The molecular weight excluding hydrogens is 483 g/mol. The molecule has 1 heterocycles. The topological polar surface area (TPSA) is 58.5 Å². The third kappa shape index (κ3) is 5.37. The second-order valence-corrected chi connectivity index (χ2v) is 8.54. The predicted octanol–water partition coefficient (Wildman–Crippen LogP) is 4.56. The summed E-state index contributed by atoms with van der Waals surface area (Å²) in [4.78, 5) is 10.3. The first-order valence-corrected chi connectivity index (χ1v) is 10.4. The van der Waals surface area contributed by atoms with Crippen LogP contribution in [0.1, 0.15) is 46.8 Å². The monoisotopic (exact) mass is 514 g/mol. The number of hydrogen-bond donors (Lipinski definition) is 2. The Hall–Kier alpha value is -1.35. The Morgan fingerprint density at radius 3 is 2.61 bits per heavy atom. The van der Waals surface area contributed by atoms with Crippen molar-refractivity contribution in [3.05, 3.63) is 45.4 Å². The molecule has 1 fully saturated rings. The lowest BCUT2D eigenvalue weighted by Gasteiger charge is -2.31. The van der Waals surface area contributed by atoms with Crippen molar-refractivity contribution in [1.29, 1.82) is 0 Å². The van der Waals surface area contributed by atoms with E-state index in [1.807, 2.05) is 13.1 Å². The van der Waals surface area contributed by atoms with E-state index < -0.39 is 0 Å². The molecule has 0 bridgehead atoms. The highest BCUT2D eigenvalue weighted by molar-refractivity contribution is 14.0. The van der Waals surface area contributed by atoms with E-state index in [-0.39, 0.29) is 29.4 Å². The summed E-state index contributed by atoms with van der Waals surface area (Å²) in [6, 6.07) is 8.52. The SMILES string of the molecule is CN=C(NCc1nc(C)c(C)s1)NCC1(c2cccc(OC)c2)CCCC1.I. The van der Waals surface area contributed by atoms with E-state index in [2.05, 4.69) is 52.7 Å². The van der Waals surface area contributed by atoms with Crippen molar-refractivity contribution in [2.45, 2.75) is 51.5 Å². The molecule has 5 nitrogen and oxygen atoms in total. The highest BCUT2D eigenvalue weighted by Crippen LogP contribution is 2.41. The molecule has 28 heavy (non-hydrogen) atoms. The number of ether oxygens (including phenoxy) is 1.